The molecule has 1 aromatic heterocycles. The van der Waals surface area contributed by atoms with Crippen molar-refractivity contribution in [2.45, 2.75) is 26.3 Å². The second-order valence-corrected chi connectivity index (χ2v) is 4.37. The summed E-state index contributed by atoms with van der Waals surface area (Å²) in [5.74, 6) is 1.22. The zero-order valence-electron chi connectivity index (χ0n) is 9.57. The molecule has 4 nitrogen and oxygen atoms in total. The van der Waals surface area contributed by atoms with E-state index in [1.54, 1.807) is 6.20 Å². The summed E-state index contributed by atoms with van der Waals surface area (Å²) in [5.41, 5.74) is 5.58. The Hall–Kier alpha value is -1.58. The predicted molar refractivity (Wildman–Crippen MR) is 63.7 cm³/mol. The maximum Gasteiger partial charge on any atom is 0.150 e. The molecule has 15 heavy (non-hydrogen) atoms. The normalized spacial score (nSPS) is 11.1. The highest BCUT2D eigenvalue weighted by Crippen LogP contribution is 2.21. The lowest BCUT2D eigenvalue weighted by molar-refractivity contribution is 0.517. The highest BCUT2D eigenvalue weighted by molar-refractivity contribution is 5.44. The first kappa shape index (κ1) is 11.5. The standard InChI is InChI=1S/C11H18N4/c1-5-6-15(11(2,3)4)10-8-13-7-9(12)14-10/h5,7-8H,1,6H2,2-4H3,(H2,12,14). The second-order valence-electron chi connectivity index (χ2n) is 4.37. The molecule has 0 aliphatic carbocycles. The quantitative estimate of drug-likeness (QED) is 0.767. The molecule has 0 aromatic carbocycles. The van der Waals surface area contributed by atoms with E-state index in [1.165, 1.54) is 6.20 Å². The molecular formula is C11H18N4. The topological polar surface area (TPSA) is 55.0 Å². The van der Waals surface area contributed by atoms with Crippen LogP contribution in [-0.2, 0) is 0 Å². The Kier molecular flexibility index (Phi) is 3.29. The van der Waals surface area contributed by atoms with Gasteiger partial charge in [-0.3, -0.25) is 4.98 Å². The largest absolute Gasteiger partial charge is 0.382 e. The molecule has 0 unspecified atom stereocenters. The minimum absolute atomic E-state index is 0.0311. The lowest BCUT2D eigenvalue weighted by atomic mass is 10.1. The molecule has 0 fully saturated rings. The Morgan fingerprint density at radius 2 is 2.13 bits per heavy atom. The third-order valence-electron chi connectivity index (χ3n) is 2.04. The molecule has 1 heterocycles. The molecule has 0 saturated heterocycles. The number of nitrogens with two attached hydrogens (primary N) is 1. The predicted octanol–water partition coefficient (Wildman–Crippen LogP) is 1.85. The van der Waals surface area contributed by atoms with Crippen molar-refractivity contribution < 1.29 is 0 Å². The van der Waals surface area contributed by atoms with Crippen molar-refractivity contribution in [2.24, 2.45) is 0 Å². The molecule has 1 rings (SSSR count). The average Bonchev–Trinajstić information content (AvgIpc) is 2.12. The summed E-state index contributed by atoms with van der Waals surface area (Å²) in [4.78, 5) is 10.4. The SMILES string of the molecule is C=CCN(c1cncc(N)n1)C(C)(C)C. The van der Waals surface area contributed by atoms with E-state index in [1.807, 2.05) is 6.08 Å². The molecule has 4 heteroatoms. The van der Waals surface area contributed by atoms with E-state index in [0.717, 1.165) is 12.4 Å². The van der Waals surface area contributed by atoms with Gasteiger partial charge in [0.15, 0.2) is 0 Å². The molecule has 0 spiro atoms. The highest BCUT2D eigenvalue weighted by atomic mass is 15.2. The van der Waals surface area contributed by atoms with Crippen molar-refractivity contribution in [3.05, 3.63) is 25.0 Å². The first-order chi connectivity index (χ1) is 6.95. The van der Waals surface area contributed by atoms with Gasteiger partial charge >= 0.3 is 0 Å². The van der Waals surface area contributed by atoms with Gasteiger partial charge in [0.05, 0.1) is 12.4 Å². The Morgan fingerprint density at radius 1 is 1.47 bits per heavy atom. The van der Waals surface area contributed by atoms with Crippen LogP contribution in [0.25, 0.3) is 0 Å². The van der Waals surface area contributed by atoms with Crippen LogP contribution in [0.2, 0.25) is 0 Å². The Balaban J connectivity index is 3.04. The second kappa shape index (κ2) is 4.29. The van der Waals surface area contributed by atoms with Crippen LogP contribution >= 0.6 is 0 Å². The molecule has 0 radical (unpaired) electrons. The van der Waals surface area contributed by atoms with E-state index in [-0.39, 0.29) is 5.54 Å². The van der Waals surface area contributed by atoms with Gasteiger partial charge in [0.25, 0.3) is 0 Å². The van der Waals surface area contributed by atoms with Crippen molar-refractivity contribution in [3.63, 3.8) is 0 Å². The van der Waals surface area contributed by atoms with Gasteiger partial charge in [-0.25, -0.2) is 4.98 Å². The Morgan fingerprint density at radius 3 is 2.60 bits per heavy atom. The van der Waals surface area contributed by atoms with Gasteiger partial charge in [0.2, 0.25) is 0 Å². The third-order valence-corrected chi connectivity index (χ3v) is 2.04. The van der Waals surface area contributed by atoms with Gasteiger partial charge in [0.1, 0.15) is 11.6 Å². The van der Waals surface area contributed by atoms with E-state index in [9.17, 15) is 0 Å². The Labute approximate surface area is 90.8 Å². The van der Waals surface area contributed by atoms with E-state index in [4.69, 9.17) is 5.73 Å². The first-order valence-electron chi connectivity index (χ1n) is 4.91. The molecule has 0 amide bonds. The van der Waals surface area contributed by atoms with Crippen LogP contribution in [0.5, 0.6) is 0 Å². The van der Waals surface area contributed by atoms with Crippen molar-refractivity contribution in [1.29, 1.82) is 0 Å². The maximum atomic E-state index is 5.61. The van der Waals surface area contributed by atoms with E-state index in [2.05, 4.69) is 42.2 Å². The van der Waals surface area contributed by atoms with Crippen molar-refractivity contribution >= 4 is 11.6 Å². The molecule has 82 valence electrons. The summed E-state index contributed by atoms with van der Waals surface area (Å²) in [7, 11) is 0. The molecular weight excluding hydrogens is 188 g/mol. The van der Waals surface area contributed by atoms with Crippen LogP contribution < -0.4 is 10.6 Å². The fraction of sp³-hybridized carbons (Fsp3) is 0.455. The van der Waals surface area contributed by atoms with E-state index < -0.39 is 0 Å². The summed E-state index contributed by atoms with van der Waals surface area (Å²) in [5, 5.41) is 0. The number of anilines is 2. The van der Waals surface area contributed by atoms with Crippen LogP contribution in [0.4, 0.5) is 11.6 Å². The summed E-state index contributed by atoms with van der Waals surface area (Å²) in [6.45, 7) is 10.8. The number of nitrogen functional groups attached to an aromatic ring is 1. The van der Waals surface area contributed by atoms with E-state index >= 15 is 0 Å². The minimum Gasteiger partial charge on any atom is -0.382 e. The molecule has 1 aromatic rings. The van der Waals surface area contributed by atoms with Crippen molar-refractivity contribution in [1.82, 2.24) is 9.97 Å². The summed E-state index contributed by atoms with van der Waals surface area (Å²) >= 11 is 0. The zero-order valence-corrected chi connectivity index (χ0v) is 9.57. The van der Waals surface area contributed by atoms with Crippen molar-refractivity contribution in [3.8, 4) is 0 Å². The average molecular weight is 206 g/mol. The van der Waals surface area contributed by atoms with Gasteiger partial charge in [0, 0.05) is 12.1 Å². The number of rotatable bonds is 3. The van der Waals surface area contributed by atoms with Crippen LogP contribution in [0.3, 0.4) is 0 Å². The van der Waals surface area contributed by atoms with Gasteiger partial charge < -0.3 is 10.6 Å². The molecule has 2 N–H and O–H groups in total. The minimum atomic E-state index is -0.0311. The van der Waals surface area contributed by atoms with Crippen LogP contribution in [0.1, 0.15) is 20.8 Å². The van der Waals surface area contributed by atoms with Crippen LogP contribution in [0, 0.1) is 0 Å². The van der Waals surface area contributed by atoms with Crippen molar-refractivity contribution in [2.75, 3.05) is 17.2 Å². The fourth-order valence-electron chi connectivity index (χ4n) is 1.34. The highest BCUT2D eigenvalue weighted by Gasteiger charge is 2.21. The maximum absolute atomic E-state index is 5.61. The zero-order chi connectivity index (χ0) is 11.5. The molecule has 0 aliphatic heterocycles. The number of hydrogen-bond acceptors (Lipinski definition) is 4. The van der Waals surface area contributed by atoms with Crippen LogP contribution in [0.15, 0.2) is 25.0 Å². The molecule has 0 aliphatic rings. The first-order valence-corrected chi connectivity index (χ1v) is 4.91. The van der Waals surface area contributed by atoms with Gasteiger partial charge in [-0.15, -0.1) is 6.58 Å². The summed E-state index contributed by atoms with van der Waals surface area (Å²) < 4.78 is 0. The summed E-state index contributed by atoms with van der Waals surface area (Å²) in [6, 6.07) is 0. The van der Waals surface area contributed by atoms with Gasteiger partial charge in [-0.05, 0) is 20.8 Å². The van der Waals surface area contributed by atoms with E-state index in [0.29, 0.717) is 5.82 Å². The molecule has 0 saturated carbocycles. The lowest BCUT2D eigenvalue weighted by Gasteiger charge is -2.35. The monoisotopic (exact) mass is 206 g/mol. The fourth-order valence-corrected chi connectivity index (χ4v) is 1.34. The third kappa shape index (κ3) is 2.94. The number of aromatic nitrogens is 2. The van der Waals surface area contributed by atoms with Gasteiger partial charge in [-0.2, -0.15) is 0 Å². The number of nitrogens with zero attached hydrogens (tertiary/aromatic N) is 3. The van der Waals surface area contributed by atoms with Crippen LogP contribution in [-0.4, -0.2) is 22.1 Å². The molecule has 0 atom stereocenters. The summed E-state index contributed by atoms with van der Waals surface area (Å²) in [6.07, 6.45) is 5.10. The smallest absolute Gasteiger partial charge is 0.150 e. The lowest BCUT2D eigenvalue weighted by Crippen LogP contribution is -2.42. The van der Waals surface area contributed by atoms with Gasteiger partial charge in [-0.1, -0.05) is 6.08 Å². The molecule has 0 bridgehead atoms. The Bertz CT molecular complexity index is 341. The number of hydrogen-bond donors (Lipinski definition) is 1.